The summed E-state index contributed by atoms with van der Waals surface area (Å²) in [5.41, 5.74) is 3.42. The molecule has 5 nitrogen and oxygen atoms in total. The van der Waals surface area contributed by atoms with Gasteiger partial charge in [0.2, 0.25) is 0 Å². The van der Waals surface area contributed by atoms with Gasteiger partial charge < -0.3 is 4.74 Å². The van der Waals surface area contributed by atoms with Crippen molar-refractivity contribution >= 4 is 28.6 Å². The van der Waals surface area contributed by atoms with E-state index in [1.165, 1.54) is 18.9 Å². The lowest BCUT2D eigenvalue weighted by Crippen LogP contribution is -2.22. The second kappa shape index (κ2) is 7.74. The molecule has 2 aromatic carbocycles. The van der Waals surface area contributed by atoms with Crippen molar-refractivity contribution in [1.82, 2.24) is 9.55 Å². The Morgan fingerprint density at radius 2 is 1.96 bits per heavy atom. The maximum Gasteiger partial charge on any atom is 0.306 e. The summed E-state index contributed by atoms with van der Waals surface area (Å²) in [6.07, 6.45) is 0.261. The van der Waals surface area contributed by atoms with E-state index in [1.807, 2.05) is 50.2 Å². The molecular weight excluding hydrogens is 348 g/mol. The van der Waals surface area contributed by atoms with Crippen LogP contribution in [0.5, 0.6) is 0 Å². The lowest BCUT2D eigenvalue weighted by atomic mass is 10.1. The molecule has 0 radical (unpaired) electrons. The van der Waals surface area contributed by atoms with E-state index >= 15 is 0 Å². The highest BCUT2D eigenvalue weighted by Gasteiger charge is 2.15. The summed E-state index contributed by atoms with van der Waals surface area (Å²) in [7, 11) is 1.37. The van der Waals surface area contributed by atoms with Crippen LogP contribution in [0.4, 0.5) is 0 Å². The Hall–Kier alpha value is -2.60. The minimum atomic E-state index is -0.279. The summed E-state index contributed by atoms with van der Waals surface area (Å²) >= 11 is 1.38. The van der Waals surface area contributed by atoms with Crippen LogP contribution in [0.3, 0.4) is 0 Å². The lowest BCUT2D eigenvalue weighted by molar-refractivity contribution is -0.140. The number of ether oxygens (including phenoxy) is 1. The Balaban J connectivity index is 2.16. The smallest absolute Gasteiger partial charge is 0.306 e. The molecule has 3 aromatic rings. The molecule has 1 aromatic heterocycles. The van der Waals surface area contributed by atoms with Crippen molar-refractivity contribution in [2.45, 2.75) is 25.4 Å². The fourth-order valence-electron chi connectivity index (χ4n) is 2.71. The molecule has 0 bridgehead atoms. The van der Waals surface area contributed by atoms with Crippen LogP contribution < -0.4 is 5.56 Å². The summed E-state index contributed by atoms with van der Waals surface area (Å²) in [4.78, 5) is 29.3. The maximum atomic E-state index is 13.2. The van der Waals surface area contributed by atoms with Crippen molar-refractivity contribution in [3.8, 4) is 5.69 Å². The Morgan fingerprint density at radius 1 is 1.19 bits per heavy atom. The van der Waals surface area contributed by atoms with Crippen molar-refractivity contribution in [1.29, 1.82) is 0 Å². The number of benzene rings is 2. The normalized spacial score (nSPS) is 10.9. The molecule has 0 aliphatic rings. The van der Waals surface area contributed by atoms with Crippen LogP contribution in [-0.2, 0) is 9.53 Å². The van der Waals surface area contributed by atoms with Gasteiger partial charge in [-0.15, -0.1) is 0 Å². The molecule has 0 aliphatic heterocycles. The number of fused-ring (bicyclic) bond motifs is 1. The molecule has 0 saturated carbocycles. The highest BCUT2D eigenvalue weighted by atomic mass is 32.2. The minimum Gasteiger partial charge on any atom is -0.469 e. The van der Waals surface area contributed by atoms with Gasteiger partial charge in [0.15, 0.2) is 5.16 Å². The highest BCUT2D eigenvalue weighted by Crippen LogP contribution is 2.24. The standard InChI is InChI=1S/C20H20N2O3S/c1-13-8-9-14(2)17(12-13)22-19(24)15-6-4-5-7-16(15)21-20(22)26-11-10-18(23)25-3/h4-9,12H,10-11H2,1-3H3. The minimum absolute atomic E-state index is 0.107. The van der Waals surface area contributed by atoms with Crippen molar-refractivity contribution in [2.75, 3.05) is 12.9 Å². The monoisotopic (exact) mass is 368 g/mol. The number of para-hydroxylation sites is 1. The second-order valence-electron chi connectivity index (χ2n) is 6.02. The van der Waals surface area contributed by atoms with Crippen molar-refractivity contribution in [2.24, 2.45) is 0 Å². The van der Waals surface area contributed by atoms with E-state index in [0.29, 0.717) is 21.8 Å². The number of hydrogen-bond donors (Lipinski definition) is 0. The SMILES string of the molecule is COC(=O)CCSc1nc2ccccc2c(=O)n1-c1cc(C)ccc1C. The largest absolute Gasteiger partial charge is 0.469 e. The first-order valence-corrected chi connectivity index (χ1v) is 9.29. The zero-order chi connectivity index (χ0) is 18.7. The highest BCUT2D eigenvalue weighted by molar-refractivity contribution is 7.99. The zero-order valence-electron chi connectivity index (χ0n) is 15.0. The van der Waals surface area contributed by atoms with E-state index in [9.17, 15) is 9.59 Å². The van der Waals surface area contributed by atoms with Crippen LogP contribution in [0.2, 0.25) is 0 Å². The number of carbonyl (C=O) groups excluding carboxylic acids is 1. The van der Waals surface area contributed by atoms with Gasteiger partial charge in [0.05, 0.1) is 30.1 Å². The number of aromatic nitrogens is 2. The molecule has 1 heterocycles. The first kappa shape index (κ1) is 18.2. The van der Waals surface area contributed by atoms with Gasteiger partial charge in [0.1, 0.15) is 0 Å². The molecule has 134 valence electrons. The Labute approximate surface area is 156 Å². The molecule has 3 rings (SSSR count). The predicted octanol–water partition coefficient (Wildman–Crippen LogP) is 3.66. The van der Waals surface area contributed by atoms with Crippen molar-refractivity contribution in [3.63, 3.8) is 0 Å². The summed E-state index contributed by atoms with van der Waals surface area (Å²) < 4.78 is 6.34. The van der Waals surface area contributed by atoms with Crippen LogP contribution in [0.25, 0.3) is 16.6 Å². The fourth-order valence-corrected chi connectivity index (χ4v) is 3.63. The Morgan fingerprint density at radius 3 is 2.73 bits per heavy atom. The van der Waals surface area contributed by atoms with Gasteiger partial charge in [-0.25, -0.2) is 4.98 Å². The molecule has 0 amide bonds. The van der Waals surface area contributed by atoms with Crippen LogP contribution in [0.1, 0.15) is 17.5 Å². The number of methoxy groups -OCH3 is 1. The summed E-state index contributed by atoms with van der Waals surface area (Å²) in [6, 6.07) is 13.3. The van der Waals surface area contributed by atoms with E-state index in [1.54, 1.807) is 10.6 Å². The summed E-state index contributed by atoms with van der Waals surface area (Å²) in [5.74, 6) is 0.210. The average molecular weight is 368 g/mol. The molecular formula is C20H20N2O3S. The Bertz CT molecular complexity index is 1030. The van der Waals surface area contributed by atoms with Gasteiger partial charge >= 0.3 is 5.97 Å². The lowest BCUT2D eigenvalue weighted by Gasteiger charge is -2.15. The zero-order valence-corrected chi connectivity index (χ0v) is 15.8. The number of aryl methyl sites for hydroxylation is 2. The van der Waals surface area contributed by atoms with Crippen molar-refractivity contribution in [3.05, 3.63) is 63.9 Å². The number of esters is 1. The molecule has 0 saturated heterocycles. The van der Waals surface area contributed by atoms with Crippen molar-refractivity contribution < 1.29 is 9.53 Å². The quantitative estimate of drug-likeness (QED) is 0.391. The van der Waals surface area contributed by atoms with Gasteiger partial charge in [-0.2, -0.15) is 0 Å². The third-order valence-electron chi connectivity index (χ3n) is 4.12. The van der Waals surface area contributed by atoms with Crippen LogP contribution in [0.15, 0.2) is 52.4 Å². The van der Waals surface area contributed by atoms with E-state index < -0.39 is 0 Å². The summed E-state index contributed by atoms with van der Waals surface area (Å²) in [5, 5.41) is 1.15. The average Bonchev–Trinajstić information content (AvgIpc) is 2.64. The molecule has 0 fully saturated rings. The molecule has 6 heteroatoms. The fraction of sp³-hybridized carbons (Fsp3) is 0.250. The molecule has 0 N–H and O–H groups in total. The third-order valence-corrected chi connectivity index (χ3v) is 5.06. The van der Waals surface area contributed by atoms with E-state index in [4.69, 9.17) is 4.74 Å². The second-order valence-corrected chi connectivity index (χ2v) is 7.08. The van der Waals surface area contributed by atoms with Gasteiger partial charge in [-0.05, 0) is 43.2 Å². The molecule has 0 aliphatic carbocycles. The van der Waals surface area contributed by atoms with Crippen LogP contribution in [0, 0.1) is 13.8 Å². The number of carbonyl (C=O) groups is 1. The topological polar surface area (TPSA) is 61.2 Å². The number of thioether (sulfide) groups is 1. The number of rotatable bonds is 5. The van der Waals surface area contributed by atoms with E-state index in [0.717, 1.165) is 16.8 Å². The van der Waals surface area contributed by atoms with Gasteiger partial charge in [0, 0.05) is 5.75 Å². The number of hydrogen-bond acceptors (Lipinski definition) is 5. The maximum absolute atomic E-state index is 13.2. The Kier molecular flexibility index (Phi) is 5.42. The summed E-state index contributed by atoms with van der Waals surface area (Å²) in [6.45, 7) is 3.96. The van der Waals surface area contributed by atoms with Gasteiger partial charge in [-0.1, -0.05) is 36.0 Å². The van der Waals surface area contributed by atoms with E-state index in [2.05, 4.69) is 4.98 Å². The third kappa shape index (κ3) is 3.65. The van der Waals surface area contributed by atoms with E-state index in [-0.39, 0.29) is 17.9 Å². The molecule has 0 unspecified atom stereocenters. The van der Waals surface area contributed by atoms with Crippen LogP contribution in [-0.4, -0.2) is 28.4 Å². The van der Waals surface area contributed by atoms with Gasteiger partial charge in [-0.3, -0.25) is 14.2 Å². The molecule has 0 atom stereocenters. The predicted molar refractivity (Wildman–Crippen MR) is 104 cm³/mol. The first-order valence-electron chi connectivity index (χ1n) is 8.30. The van der Waals surface area contributed by atoms with Gasteiger partial charge in [0.25, 0.3) is 5.56 Å². The van der Waals surface area contributed by atoms with Crippen LogP contribution >= 0.6 is 11.8 Å². The molecule has 26 heavy (non-hydrogen) atoms. The molecule has 0 spiro atoms. The number of nitrogens with zero attached hydrogens (tertiary/aromatic N) is 2. The first-order chi connectivity index (χ1) is 12.5.